The lowest BCUT2D eigenvalue weighted by molar-refractivity contribution is -0.146. The first-order valence-electron chi connectivity index (χ1n) is 10.8. The van der Waals surface area contributed by atoms with E-state index < -0.39 is 0 Å². The number of benzene rings is 1. The van der Waals surface area contributed by atoms with Crippen molar-refractivity contribution in [2.45, 2.75) is 70.8 Å². The normalized spacial score (nSPS) is 36.3. The van der Waals surface area contributed by atoms with E-state index in [1.54, 1.807) is 0 Å². The van der Waals surface area contributed by atoms with Crippen molar-refractivity contribution in [1.29, 1.82) is 0 Å². The molecule has 0 unspecified atom stereocenters. The summed E-state index contributed by atoms with van der Waals surface area (Å²) >= 11 is 0. The number of ether oxygens (including phenoxy) is 1. The Morgan fingerprint density at radius 3 is 2.52 bits per heavy atom. The average molecular weight is 367 g/mol. The number of Topliss-reactive ketones (excluding diaryl/α,β-unsaturated/α-hetero) is 1. The van der Waals surface area contributed by atoms with Crippen LogP contribution in [0.2, 0.25) is 0 Å². The van der Waals surface area contributed by atoms with Gasteiger partial charge in [0.15, 0.2) is 0 Å². The SMILES string of the molecule is C=C1[C@H]2CC[C@](C(=O)CCc3ccccc3)([C@@H]2OC)[C@]1(C)C1CCCCC1. The van der Waals surface area contributed by atoms with E-state index in [1.165, 1.54) is 43.2 Å². The third-order valence-corrected chi connectivity index (χ3v) is 8.40. The molecule has 3 aliphatic rings. The van der Waals surface area contributed by atoms with Crippen LogP contribution >= 0.6 is 0 Å². The minimum atomic E-state index is -0.361. The van der Waals surface area contributed by atoms with Gasteiger partial charge in [-0.15, -0.1) is 0 Å². The summed E-state index contributed by atoms with van der Waals surface area (Å²) in [5.74, 6) is 1.37. The monoisotopic (exact) mass is 366 g/mol. The second-order valence-corrected chi connectivity index (χ2v) is 9.24. The number of rotatable bonds is 6. The second kappa shape index (κ2) is 7.20. The van der Waals surface area contributed by atoms with Gasteiger partial charge in [0.05, 0.1) is 11.5 Å². The van der Waals surface area contributed by atoms with Crippen molar-refractivity contribution in [3.05, 3.63) is 48.0 Å². The summed E-state index contributed by atoms with van der Waals surface area (Å²) < 4.78 is 6.05. The molecule has 3 fully saturated rings. The number of hydrogen-bond donors (Lipinski definition) is 0. The lowest BCUT2D eigenvalue weighted by Gasteiger charge is -2.51. The summed E-state index contributed by atoms with van der Waals surface area (Å²) in [6, 6.07) is 10.4. The molecule has 2 bridgehead atoms. The number of methoxy groups -OCH3 is 1. The summed E-state index contributed by atoms with van der Waals surface area (Å²) in [5, 5.41) is 0. The molecule has 2 nitrogen and oxygen atoms in total. The van der Waals surface area contributed by atoms with E-state index in [0.717, 1.165) is 19.3 Å². The molecule has 0 aliphatic heterocycles. The van der Waals surface area contributed by atoms with Gasteiger partial charge in [0, 0.05) is 24.9 Å². The van der Waals surface area contributed by atoms with Gasteiger partial charge in [-0.2, -0.15) is 0 Å². The number of carbonyl (C=O) groups is 1. The Bertz CT molecular complexity index is 702. The van der Waals surface area contributed by atoms with Crippen molar-refractivity contribution >= 4 is 5.78 Å². The Morgan fingerprint density at radius 2 is 1.85 bits per heavy atom. The van der Waals surface area contributed by atoms with Gasteiger partial charge in [0.2, 0.25) is 0 Å². The van der Waals surface area contributed by atoms with Crippen LogP contribution in [-0.4, -0.2) is 19.0 Å². The molecule has 1 aromatic rings. The second-order valence-electron chi connectivity index (χ2n) is 9.24. The third-order valence-electron chi connectivity index (χ3n) is 8.40. The molecule has 0 amide bonds. The topological polar surface area (TPSA) is 26.3 Å². The maximum absolute atomic E-state index is 13.9. The molecule has 0 N–H and O–H groups in total. The van der Waals surface area contributed by atoms with Crippen LogP contribution in [0.3, 0.4) is 0 Å². The molecule has 4 rings (SSSR count). The first-order valence-corrected chi connectivity index (χ1v) is 10.8. The molecular weight excluding hydrogens is 332 g/mol. The highest BCUT2D eigenvalue weighted by Crippen LogP contribution is 2.71. The number of carbonyl (C=O) groups excluding carboxylic acids is 1. The molecule has 3 aliphatic carbocycles. The summed E-state index contributed by atoms with van der Waals surface area (Å²) in [6.07, 6.45) is 9.94. The molecule has 0 spiro atoms. The third kappa shape index (κ3) is 2.67. The molecule has 27 heavy (non-hydrogen) atoms. The lowest BCUT2D eigenvalue weighted by Crippen LogP contribution is -2.52. The Hall–Kier alpha value is -1.41. The fraction of sp³-hybridized carbons (Fsp3) is 0.640. The van der Waals surface area contributed by atoms with E-state index in [9.17, 15) is 4.79 Å². The minimum absolute atomic E-state index is 0.0280. The van der Waals surface area contributed by atoms with Crippen LogP contribution in [0.15, 0.2) is 42.5 Å². The molecule has 0 heterocycles. The van der Waals surface area contributed by atoms with E-state index >= 15 is 0 Å². The summed E-state index contributed by atoms with van der Waals surface area (Å²) in [4.78, 5) is 13.9. The van der Waals surface area contributed by atoms with Crippen LogP contribution in [0.4, 0.5) is 0 Å². The van der Waals surface area contributed by atoms with E-state index in [1.807, 2.05) is 13.2 Å². The van der Waals surface area contributed by atoms with Crippen molar-refractivity contribution < 1.29 is 9.53 Å². The molecule has 0 saturated heterocycles. The zero-order valence-electron chi connectivity index (χ0n) is 17.0. The quantitative estimate of drug-likeness (QED) is 0.599. The largest absolute Gasteiger partial charge is 0.380 e. The molecule has 4 atom stereocenters. The van der Waals surface area contributed by atoms with Crippen LogP contribution in [0, 0.1) is 22.7 Å². The van der Waals surface area contributed by atoms with Crippen molar-refractivity contribution in [1.82, 2.24) is 0 Å². The van der Waals surface area contributed by atoms with Crippen LogP contribution in [0.25, 0.3) is 0 Å². The van der Waals surface area contributed by atoms with Crippen molar-refractivity contribution in [3.63, 3.8) is 0 Å². The smallest absolute Gasteiger partial charge is 0.142 e. The molecular formula is C25H34O2. The van der Waals surface area contributed by atoms with Gasteiger partial charge in [-0.3, -0.25) is 4.79 Å². The predicted molar refractivity (Wildman–Crippen MR) is 110 cm³/mol. The van der Waals surface area contributed by atoms with Gasteiger partial charge < -0.3 is 4.74 Å². The maximum atomic E-state index is 13.9. The number of fused-ring (bicyclic) bond motifs is 2. The minimum Gasteiger partial charge on any atom is -0.380 e. The highest BCUT2D eigenvalue weighted by molar-refractivity contribution is 5.89. The van der Waals surface area contributed by atoms with E-state index in [2.05, 4.69) is 37.8 Å². The van der Waals surface area contributed by atoms with E-state index in [4.69, 9.17) is 4.74 Å². The van der Waals surface area contributed by atoms with Crippen LogP contribution < -0.4 is 0 Å². The molecule has 146 valence electrons. The van der Waals surface area contributed by atoms with E-state index in [0.29, 0.717) is 24.0 Å². The van der Waals surface area contributed by atoms with Gasteiger partial charge in [0.25, 0.3) is 0 Å². The van der Waals surface area contributed by atoms with Crippen LogP contribution in [-0.2, 0) is 16.0 Å². The van der Waals surface area contributed by atoms with Gasteiger partial charge in [-0.1, -0.05) is 68.7 Å². The predicted octanol–water partition coefficient (Wildman–Crippen LogP) is 5.76. The highest BCUT2D eigenvalue weighted by atomic mass is 16.5. The zero-order chi connectivity index (χ0) is 19.1. The lowest BCUT2D eigenvalue weighted by atomic mass is 9.51. The van der Waals surface area contributed by atoms with Crippen LogP contribution in [0.5, 0.6) is 0 Å². The molecule has 0 aromatic heterocycles. The summed E-state index contributed by atoms with van der Waals surface area (Å²) in [5.41, 5.74) is 2.12. The maximum Gasteiger partial charge on any atom is 0.142 e. The fourth-order valence-corrected chi connectivity index (χ4v) is 6.99. The zero-order valence-corrected chi connectivity index (χ0v) is 17.0. The molecule has 2 heteroatoms. The standard InChI is InChI=1S/C25H34O2/c1-18-21-16-17-25(23(21)27-3,24(18,2)20-12-8-5-9-13-20)22(26)15-14-19-10-6-4-7-11-19/h4,6-7,10-11,20-21,23H,1,5,8-9,12-17H2,2-3H3/t21-,23-,24+,25+/m1/s1. The Labute approximate surface area is 164 Å². The highest BCUT2D eigenvalue weighted by Gasteiger charge is 2.72. The van der Waals surface area contributed by atoms with Crippen LogP contribution in [0.1, 0.15) is 63.9 Å². The summed E-state index contributed by atoms with van der Waals surface area (Å²) in [6.45, 7) is 6.95. The van der Waals surface area contributed by atoms with E-state index in [-0.39, 0.29) is 16.9 Å². The molecule has 3 saturated carbocycles. The Morgan fingerprint density at radius 1 is 1.15 bits per heavy atom. The number of hydrogen-bond acceptors (Lipinski definition) is 2. The number of ketones is 1. The molecule has 0 radical (unpaired) electrons. The first kappa shape index (κ1) is 18.9. The van der Waals surface area contributed by atoms with Crippen molar-refractivity contribution in [2.75, 3.05) is 7.11 Å². The number of aryl methyl sites for hydroxylation is 1. The van der Waals surface area contributed by atoms with Crippen molar-refractivity contribution in [2.24, 2.45) is 22.7 Å². The van der Waals surface area contributed by atoms with Gasteiger partial charge in [-0.25, -0.2) is 0 Å². The Kier molecular flexibility index (Phi) is 5.05. The van der Waals surface area contributed by atoms with Gasteiger partial charge in [0.1, 0.15) is 5.78 Å². The summed E-state index contributed by atoms with van der Waals surface area (Å²) in [7, 11) is 1.81. The Balaban J connectivity index is 1.66. The van der Waals surface area contributed by atoms with Crippen molar-refractivity contribution in [3.8, 4) is 0 Å². The van der Waals surface area contributed by atoms with Gasteiger partial charge in [-0.05, 0) is 43.6 Å². The molecule has 1 aromatic carbocycles. The first-order chi connectivity index (χ1) is 13.1. The van der Waals surface area contributed by atoms with Gasteiger partial charge >= 0.3 is 0 Å². The average Bonchev–Trinajstić information content (AvgIpc) is 3.20. The fourth-order valence-electron chi connectivity index (χ4n) is 6.99.